The van der Waals surface area contributed by atoms with Gasteiger partial charge in [0.05, 0.1) is 11.4 Å². The first kappa shape index (κ1) is 19.4. The number of benzene rings is 1. The second kappa shape index (κ2) is 8.64. The second-order valence-electron chi connectivity index (χ2n) is 6.86. The van der Waals surface area contributed by atoms with Crippen molar-refractivity contribution in [2.24, 2.45) is 0 Å². The Hall–Kier alpha value is -2.89. The first-order valence-electron chi connectivity index (χ1n) is 9.77. The minimum Gasteiger partial charge on any atom is -0.354 e. The van der Waals surface area contributed by atoms with Crippen LogP contribution in [-0.2, 0) is 0 Å². The van der Waals surface area contributed by atoms with Crippen molar-refractivity contribution in [1.82, 2.24) is 19.9 Å². The van der Waals surface area contributed by atoms with E-state index in [9.17, 15) is 0 Å². The average molecular weight is 406 g/mol. The quantitative estimate of drug-likeness (QED) is 0.669. The molecule has 0 unspecified atom stereocenters. The number of nitrogens with one attached hydrogen (secondary N) is 1. The summed E-state index contributed by atoms with van der Waals surface area (Å²) in [7, 11) is 0. The SMILES string of the molecule is C=Cc1c(/C=C\C)nc(-c2ccc(N3CCNCC3)nc2)n1-c1ccc(Cl)cc1. The first-order valence-corrected chi connectivity index (χ1v) is 10.1. The highest BCUT2D eigenvalue weighted by molar-refractivity contribution is 6.30. The molecule has 1 N–H and O–H groups in total. The molecular formula is C23H24ClN5. The third kappa shape index (κ3) is 3.97. The molecular weight excluding hydrogens is 382 g/mol. The molecule has 0 bridgehead atoms. The lowest BCUT2D eigenvalue weighted by molar-refractivity contribution is 0.585. The van der Waals surface area contributed by atoms with Gasteiger partial charge in [-0.05, 0) is 55.5 Å². The average Bonchev–Trinajstić information content (AvgIpc) is 3.13. The van der Waals surface area contributed by atoms with Gasteiger partial charge in [-0.2, -0.15) is 0 Å². The maximum atomic E-state index is 6.10. The van der Waals surface area contributed by atoms with Crippen molar-refractivity contribution >= 4 is 29.6 Å². The topological polar surface area (TPSA) is 46.0 Å². The molecule has 1 aliphatic heterocycles. The number of hydrogen-bond donors (Lipinski definition) is 1. The number of piperazine rings is 1. The highest BCUT2D eigenvalue weighted by atomic mass is 35.5. The Balaban J connectivity index is 1.80. The van der Waals surface area contributed by atoms with Crippen LogP contribution in [0.1, 0.15) is 18.3 Å². The Bertz CT molecular complexity index is 1010. The van der Waals surface area contributed by atoms with Crippen molar-refractivity contribution in [2.75, 3.05) is 31.1 Å². The highest BCUT2D eigenvalue weighted by Gasteiger charge is 2.18. The zero-order valence-electron chi connectivity index (χ0n) is 16.5. The van der Waals surface area contributed by atoms with Gasteiger partial charge < -0.3 is 10.2 Å². The molecule has 0 amide bonds. The number of imidazole rings is 1. The van der Waals surface area contributed by atoms with Gasteiger partial charge >= 0.3 is 0 Å². The number of rotatable bonds is 5. The molecule has 0 spiro atoms. The van der Waals surface area contributed by atoms with Crippen LogP contribution in [0.4, 0.5) is 5.82 Å². The van der Waals surface area contributed by atoms with E-state index in [1.807, 2.05) is 55.6 Å². The van der Waals surface area contributed by atoms with Crippen LogP contribution in [0.3, 0.4) is 0 Å². The maximum Gasteiger partial charge on any atom is 0.147 e. The van der Waals surface area contributed by atoms with Crippen molar-refractivity contribution in [3.05, 3.63) is 71.7 Å². The van der Waals surface area contributed by atoms with E-state index in [0.29, 0.717) is 5.02 Å². The van der Waals surface area contributed by atoms with E-state index < -0.39 is 0 Å². The monoisotopic (exact) mass is 405 g/mol. The summed E-state index contributed by atoms with van der Waals surface area (Å²) in [5.74, 6) is 1.83. The minimum absolute atomic E-state index is 0.700. The van der Waals surface area contributed by atoms with E-state index in [4.69, 9.17) is 21.6 Å². The summed E-state index contributed by atoms with van der Waals surface area (Å²) in [6.07, 6.45) is 7.72. The molecule has 0 atom stereocenters. The number of anilines is 1. The van der Waals surface area contributed by atoms with Crippen LogP contribution in [0.25, 0.3) is 29.2 Å². The normalized spacial score (nSPS) is 14.5. The molecule has 1 fully saturated rings. The summed E-state index contributed by atoms with van der Waals surface area (Å²) in [4.78, 5) is 11.9. The van der Waals surface area contributed by atoms with Crippen LogP contribution in [0.15, 0.2) is 55.3 Å². The van der Waals surface area contributed by atoms with Gasteiger partial charge in [0.1, 0.15) is 11.6 Å². The zero-order valence-corrected chi connectivity index (χ0v) is 17.2. The summed E-state index contributed by atoms with van der Waals surface area (Å²) in [6, 6.07) is 11.9. The van der Waals surface area contributed by atoms with Gasteiger partial charge in [-0.15, -0.1) is 0 Å². The molecule has 1 aromatic carbocycles. The molecule has 4 rings (SSSR count). The van der Waals surface area contributed by atoms with Gasteiger partial charge in [0.2, 0.25) is 0 Å². The van der Waals surface area contributed by atoms with Gasteiger partial charge in [-0.3, -0.25) is 4.57 Å². The van der Waals surface area contributed by atoms with E-state index in [0.717, 1.165) is 60.5 Å². The molecule has 0 aliphatic carbocycles. The molecule has 3 aromatic rings. The molecule has 6 heteroatoms. The summed E-state index contributed by atoms with van der Waals surface area (Å²) < 4.78 is 2.10. The van der Waals surface area contributed by atoms with Crippen LogP contribution >= 0.6 is 11.6 Å². The molecule has 1 aliphatic rings. The Labute approximate surface area is 176 Å². The fourth-order valence-electron chi connectivity index (χ4n) is 3.57. The van der Waals surface area contributed by atoms with Gasteiger partial charge in [-0.25, -0.2) is 9.97 Å². The molecule has 2 aromatic heterocycles. The number of hydrogen-bond acceptors (Lipinski definition) is 4. The summed E-state index contributed by atoms with van der Waals surface area (Å²) in [6.45, 7) is 9.91. The van der Waals surface area contributed by atoms with E-state index in [2.05, 4.69) is 33.5 Å². The van der Waals surface area contributed by atoms with Crippen LogP contribution < -0.4 is 10.2 Å². The first-order chi connectivity index (χ1) is 14.2. The Morgan fingerprint density at radius 3 is 2.48 bits per heavy atom. The van der Waals surface area contributed by atoms with Crippen LogP contribution in [0.5, 0.6) is 0 Å². The van der Waals surface area contributed by atoms with Gasteiger partial charge in [0, 0.05) is 48.6 Å². The largest absolute Gasteiger partial charge is 0.354 e. The molecule has 3 heterocycles. The smallest absolute Gasteiger partial charge is 0.147 e. The van der Waals surface area contributed by atoms with Crippen molar-refractivity contribution in [2.45, 2.75) is 6.92 Å². The highest BCUT2D eigenvalue weighted by Crippen LogP contribution is 2.29. The Morgan fingerprint density at radius 2 is 1.86 bits per heavy atom. The van der Waals surface area contributed by atoms with Crippen molar-refractivity contribution in [1.29, 1.82) is 0 Å². The molecule has 148 valence electrons. The summed E-state index contributed by atoms with van der Waals surface area (Å²) in [5, 5.41) is 4.07. The number of pyridine rings is 1. The van der Waals surface area contributed by atoms with E-state index in [-0.39, 0.29) is 0 Å². The predicted octanol–water partition coefficient (Wildman–Crippen LogP) is 4.67. The third-order valence-electron chi connectivity index (χ3n) is 4.99. The number of aromatic nitrogens is 3. The lowest BCUT2D eigenvalue weighted by atomic mass is 10.2. The molecule has 0 saturated carbocycles. The Kier molecular flexibility index (Phi) is 5.79. The van der Waals surface area contributed by atoms with Crippen molar-refractivity contribution in [3.8, 4) is 17.1 Å². The minimum atomic E-state index is 0.700. The van der Waals surface area contributed by atoms with Gasteiger partial charge in [0.15, 0.2) is 0 Å². The lowest BCUT2D eigenvalue weighted by Crippen LogP contribution is -2.43. The van der Waals surface area contributed by atoms with Crippen LogP contribution in [0.2, 0.25) is 5.02 Å². The molecule has 29 heavy (non-hydrogen) atoms. The van der Waals surface area contributed by atoms with Gasteiger partial charge in [-0.1, -0.05) is 24.3 Å². The van der Waals surface area contributed by atoms with Crippen LogP contribution in [0, 0.1) is 0 Å². The maximum absolute atomic E-state index is 6.10. The van der Waals surface area contributed by atoms with Crippen LogP contribution in [-0.4, -0.2) is 40.7 Å². The number of allylic oxidation sites excluding steroid dienone is 1. The Morgan fingerprint density at radius 1 is 1.10 bits per heavy atom. The van der Waals surface area contributed by atoms with E-state index >= 15 is 0 Å². The zero-order chi connectivity index (χ0) is 20.2. The lowest BCUT2D eigenvalue weighted by Gasteiger charge is -2.28. The number of nitrogens with zero attached hydrogens (tertiary/aromatic N) is 4. The summed E-state index contributed by atoms with van der Waals surface area (Å²) >= 11 is 6.10. The van der Waals surface area contributed by atoms with Gasteiger partial charge in [0.25, 0.3) is 0 Å². The van der Waals surface area contributed by atoms with Crippen molar-refractivity contribution in [3.63, 3.8) is 0 Å². The number of halogens is 1. The molecule has 1 saturated heterocycles. The molecule has 0 radical (unpaired) electrons. The second-order valence-corrected chi connectivity index (χ2v) is 7.30. The standard InChI is InChI=1S/C23H24ClN5/c1-3-5-20-21(4-2)29(19-9-7-18(24)8-10-19)23(27-20)17-6-11-22(26-16-17)28-14-12-25-13-15-28/h3-11,16,25H,2,12-15H2,1H3/b5-3-. The van der Waals surface area contributed by atoms with Crippen molar-refractivity contribution < 1.29 is 0 Å². The predicted molar refractivity (Wildman–Crippen MR) is 122 cm³/mol. The summed E-state index contributed by atoms with van der Waals surface area (Å²) in [5.41, 5.74) is 3.75. The fourth-order valence-corrected chi connectivity index (χ4v) is 3.70. The molecule has 5 nitrogen and oxygen atoms in total. The fraction of sp³-hybridized carbons (Fsp3) is 0.217. The van der Waals surface area contributed by atoms with E-state index in [1.54, 1.807) is 0 Å². The van der Waals surface area contributed by atoms with E-state index in [1.165, 1.54) is 0 Å². The third-order valence-corrected chi connectivity index (χ3v) is 5.24.